The fourth-order valence-electron chi connectivity index (χ4n) is 7.11. The Labute approximate surface area is 176 Å². The molecule has 4 fully saturated rings. The van der Waals surface area contributed by atoms with Gasteiger partial charge < -0.3 is 10.6 Å². The third kappa shape index (κ3) is 2.63. The average molecular weight is 399 g/mol. The number of rotatable bonds is 5. The molecule has 4 aliphatic rings. The summed E-state index contributed by atoms with van der Waals surface area (Å²) in [4.78, 5) is 26.3. The van der Waals surface area contributed by atoms with E-state index in [0.29, 0.717) is 18.4 Å². The summed E-state index contributed by atoms with van der Waals surface area (Å²) in [5.74, 6) is 1.32. The highest BCUT2D eigenvalue weighted by Crippen LogP contribution is 2.66. The highest BCUT2D eigenvalue weighted by atomic mass is 16.2. The van der Waals surface area contributed by atoms with Crippen molar-refractivity contribution in [3.63, 3.8) is 0 Å². The van der Waals surface area contributed by atoms with Gasteiger partial charge in [0.1, 0.15) is 0 Å². The van der Waals surface area contributed by atoms with E-state index < -0.39 is 10.8 Å². The lowest BCUT2D eigenvalue weighted by Crippen LogP contribution is -2.50. The Bertz CT molecular complexity index is 795. The number of carbonyl (C=O) groups is 2. The highest BCUT2D eigenvalue weighted by molar-refractivity contribution is 5.89. The summed E-state index contributed by atoms with van der Waals surface area (Å²) < 4.78 is 0. The molecule has 0 saturated heterocycles. The predicted octanol–water partition coefficient (Wildman–Crippen LogP) is 4.37. The van der Waals surface area contributed by atoms with Crippen LogP contribution in [0.15, 0.2) is 24.3 Å². The minimum atomic E-state index is -0.409. The summed E-state index contributed by atoms with van der Waals surface area (Å²) in [6, 6.07) is -0.104. The molecular weight excluding hydrogens is 360 g/mol. The lowest BCUT2D eigenvalue weighted by molar-refractivity contribution is -0.131. The molecule has 4 heteroatoms. The van der Waals surface area contributed by atoms with E-state index in [-0.39, 0.29) is 28.7 Å². The van der Waals surface area contributed by atoms with Crippen LogP contribution in [0.4, 0.5) is 0 Å². The molecule has 0 aliphatic heterocycles. The normalized spacial score (nSPS) is 39.6. The fourth-order valence-corrected chi connectivity index (χ4v) is 7.11. The minimum absolute atomic E-state index is 0.0425. The Morgan fingerprint density at radius 2 is 1.38 bits per heavy atom. The van der Waals surface area contributed by atoms with Gasteiger partial charge in [0.15, 0.2) is 0 Å². The van der Waals surface area contributed by atoms with Crippen molar-refractivity contribution in [1.29, 1.82) is 0 Å². The second-order valence-corrected chi connectivity index (χ2v) is 11.5. The number of carbonyl (C=O) groups excluding carboxylic acids is 2. The molecule has 29 heavy (non-hydrogen) atoms. The van der Waals surface area contributed by atoms with E-state index in [1.54, 1.807) is 0 Å². The van der Waals surface area contributed by atoms with E-state index in [2.05, 4.69) is 51.5 Å². The smallest absolute Gasteiger partial charge is 0.230 e. The zero-order valence-corrected chi connectivity index (χ0v) is 18.9. The first kappa shape index (κ1) is 20.7. The van der Waals surface area contributed by atoms with Crippen LogP contribution < -0.4 is 10.6 Å². The maximum Gasteiger partial charge on any atom is 0.230 e. The van der Waals surface area contributed by atoms with E-state index in [0.717, 1.165) is 49.7 Å². The fraction of sp³-hybridized carbons (Fsp3) is 0.760. The number of amides is 2. The molecule has 4 aliphatic carbocycles. The Morgan fingerprint density at radius 1 is 0.931 bits per heavy atom. The van der Waals surface area contributed by atoms with Crippen LogP contribution >= 0.6 is 0 Å². The molecule has 4 nitrogen and oxygen atoms in total. The van der Waals surface area contributed by atoms with Gasteiger partial charge in [0.05, 0.1) is 10.8 Å². The molecule has 4 bridgehead atoms. The largest absolute Gasteiger partial charge is 0.353 e. The highest BCUT2D eigenvalue weighted by Gasteiger charge is 2.62. The number of nitrogens with one attached hydrogen (secondary N) is 2. The van der Waals surface area contributed by atoms with Crippen LogP contribution in [0.25, 0.3) is 0 Å². The molecule has 0 radical (unpaired) electrons. The van der Waals surface area contributed by atoms with Gasteiger partial charge in [0.25, 0.3) is 0 Å². The number of hydrogen-bond acceptors (Lipinski definition) is 2. The quantitative estimate of drug-likeness (QED) is 0.676. The summed E-state index contributed by atoms with van der Waals surface area (Å²) in [7, 11) is 0. The first-order chi connectivity index (χ1) is 13.4. The van der Waals surface area contributed by atoms with Crippen molar-refractivity contribution in [3.05, 3.63) is 24.3 Å². The van der Waals surface area contributed by atoms with Crippen LogP contribution in [0, 0.1) is 33.5 Å². The molecule has 4 saturated carbocycles. The van der Waals surface area contributed by atoms with E-state index in [1.807, 2.05) is 6.92 Å². The maximum atomic E-state index is 13.2. The summed E-state index contributed by atoms with van der Waals surface area (Å²) >= 11 is 0. The molecule has 0 aromatic carbocycles. The van der Waals surface area contributed by atoms with Gasteiger partial charge in [-0.3, -0.25) is 9.59 Å². The minimum Gasteiger partial charge on any atom is -0.353 e. The average Bonchev–Trinajstić information content (AvgIpc) is 3.37. The van der Waals surface area contributed by atoms with E-state index in [4.69, 9.17) is 0 Å². The van der Waals surface area contributed by atoms with Crippen LogP contribution in [0.1, 0.15) is 73.1 Å². The van der Waals surface area contributed by atoms with Gasteiger partial charge in [-0.05, 0) is 68.1 Å². The van der Waals surface area contributed by atoms with Crippen molar-refractivity contribution in [2.75, 3.05) is 6.54 Å². The van der Waals surface area contributed by atoms with Crippen LogP contribution in [-0.4, -0.2) is 24.4 Å². The van der Waals surface area contributed by atoms with Crippen molar-refractivity contribution >= 4 is 11.8 Å². The van der Waals surface area contributed by atoms with Gasteiger partial charge in [-0.15, -0.1) is 0 Å². The topological polar surface area (TPSA) is 58.2 Å². The Hall–Kier alpha value is -1.58. The lowest BCUT2D eigenvalue weighted by atomic mass is 9.68. The molecule has 0 spiro atoms. The first-order valence-electron chi connectivity index (χ1n) is 11.4. The van der Waals surface area contributed by atoms with E-state index >= 15 is 0 Å². The van der Waals surface area contributed by atoms with Crippen molar-refractivity contribution in [3.8, 4) is 0 Å². The van der Waals surface area contributed by atoms with Gasteiger partial charge in [0.2, 0.25) is 11.8 Å². The van der Waals surface area contributed by atoms with Gasteiger partial charge in [-0.2, -0.15) is 0 Å². The summed E-state index contributed by atoms with van der Waals surface area (Å²) in [6.07, 6.45) is 5.86. The molecule has 5 atom stereocenters. The van der Waals surface area contributed by atoms with Gasteiger partial charge in [-0.1, -0.05) is 52.0 Å². The Balaban J connectivity index is 1.36. The number of fused-ring (bicyclic) bond motifs is 4. The maximum absolute atomic E-state index is 13.2. The molecule has 0 aromatic rings. The summed E-state index contributed by atoms with van der Waals surface area (Å²) in [5.41, 5.74) is 1.46. The second kappa shape index (κ2) is 6.21. The summed E-state index contributed by atoms with van der Waals surface area (Å²) in [6.45, 7) is 20.0. The standard InChI is InChI=1S/C25H38N2O2/c1-15(27-21(29)25-11-9-19(13-25)23(6,7)17(25)3)14-26-20(28)24-10-8-18(12-24)22(4,5)16(24)2/h15,18-19H,2-3,8-14H2,1,4-7H3,(H,26,28)(H,27,29)/t15-,18+,19+,24-,25+/m1/s1. The zero-order chi connectivity index (χ0) is 21.4. The molecule has 0 unspecified atom stereocenters. The molecule has 4 rings (SSSR count). The zero-order valence-electron chi connectivity index (χ0n) is 18.9. The van der Waals surface area contributed by atoms with Crippen LogP contribution in [-0.2, 0) is 9.59 Å². The first-order valence-corrected chi connectivity index (χ1v) is 11.4. The monoisotopic (exact) mass is 398 g/mol. The van der Waals surface area contributed by atoms with E-state index in [9.17, 15) is 9.59 Å². The molecule has 0 heterocycles. The lowest BCUT2D eigenvalue weighted by Gasteiger charge is -2.38. The molecule has 0 aromatic heterocycles. The third-order valence-corrected chi connectivity index (χ3v) is 9.60. The van der Waals surface area contributed by atoms with Crippen LogP contribution in [0.5, 0.6) is 0 Å². The van der Waals surface area contributed by atoms with Gasteiger partial charge in [-0.25, -0.2) is 0 Å². The van der Waals surface area contributed by atoms with Crippen molar-refractivity contribution in [2.24, 2.45) is 33.5 Å². The molecule has 2 amide bonds. The second-order valence-electron chi connectivity index (χ2n) is 11.5. The molecule has 160 valence electrons. The third-order valence-electron chi connectivity index (χ3n) is 9.60. The van der Waals surface area contributed by atoms with Gasteiger partial charge >= 0.3 is 0 Å². The SMILES string of the molecule is C=C1C(C)(C)[C@H]2CC[C@@]1(C(=O)NC[C@@H](C)NC(=O)[C@@]13CC[C@@H](C1)C(C)(C)C3=C)C2. The van der Waals surface area contributed by atoms with Crippen molar-refractivity contribution in [2.45, 2.75) is 79.2 Å². The van der Waals surface area contributed by atoms with Gasteiger partial charge in [0, 0.05) is 12.6 Å². The van der Waals surface area contributed by atoms with E-state index in [1.165, 1.54) is 0 Å². The predicted molar refractivity (Wildman–Crippen MR) is 116 cm³/mol. The Kier molecular flexibility index (Phi) is 4.43. The Morgan fingerprint density at radius 3 is 1.79 bits per heavy atom. The molecule has 2 N–H and O–H groups in total. The van der Waals surface area contributed by atoms with Crippen LogP contribution in [0.2, 0.25) is 0 Å². The summed E-state index contributed by atoms with van der Waals surface area (Å²) in [5, 5.41) is 6.32. The van der Waals surface area contributed by atoms with Crippen LogP contribution in [0.3, 0.4) is 0 Å². The molecular formula is C25H38N2O2. The van der Waals surface area contributed by atoms with Crippen molar-refractivity contribution < 1.29 is 9.59 Å². The van der Waals surface area contributed by atoms with Crippen molar-refractivity contribution in [1.82, 2.24) is 10.6 Å². The number of hydrogen-bond donors (Lipinski definition) is 2.